The van der Waals surface area contributed by atoms with Crippen molar-refractivity contribution in [2.75, 3.05) is 0 Å². The minimum absolute atomic E-state index is 0.530. The zero-order chi connectivity index (χ0) is 13.6. The van der Waals surface area contributed by atoms with Crippen molar-refractivity contribution >= 4 is 5.91 Å². The van der Waals surface area contributed by atoms with E-state index in [0.717, 1.165) is 0 Å². The number of carbonyl (C=O) groups is 1. The van der Waals surface area contributed by atoms with Crippen molar-refractivity contribution in [1.29, 1.82) is 0 Å². The van der Waals surface area contributed by atoms with E-state index in [1.54, 1.807) is 24.3 Å². The maximum Gasteiger partial charge on any atom is 0.299 e. The van der Waals surface area contributed by atoms with Crippen LogP contribution in [0.3, 0.4) is 0 Å². The smallest absolute Gasteiger partial charge is 0.299 e. The second-order valence-corrected chi connectivity index (χ2v) is 5.51. The summed E-state index contributed by atoms with van der Waals surface area (Å²) in [7, 11) is 0. The number of carbonyl (C=O) groups excluding carboxylic acids is 1. The van der Waals surface area contributed by atoms with Crippen LogP contribution >= 0.6 is 0 Å². The van der Waals surface area contributed by atoms with Crippen molar-refractivity contribution in [3.8, 4) is 0 Å². The van der Waals surface area contributed by atoms with Crippen LogP contribution in [0.1, 0.15) is 32.4 Å². The number of nitrogens with zero attached hydrogens (tertiary/aromatic N) is 1. The van der Waals surface area contributed by atoms with Gasteiger partial charge in [-0.1, -0.05) is 30.3 Å². The molecule has 1 aliphatic heterocycles. The molecule has 18 heavy (non-hydrogen) atoms. The molecule has 1 heterocycles. The first-order valence-corrected chi connectivity index (χ1v) is 5.85. The van der Waals surface area contributed by atoms with Crippen LogP contribution in [0, 0.1) is 0 Å². The molecule has 0 bridgehead atoms. The lowest BCUT2D eigenvalue weighted by atomic mass is 10.00. The van der Waals surface area contributed by atoms with Gasteiger partial charge in [0.25, 0.3) is 11.7 Å². The molecule has 1 saturated heterocycles. The maximum atomic E-state index is 12.0. The number of rotatable bonds is 1. The van der Waals surface area contributed by atoms with Crippen molar-refractivity contribution in [1.82, 2.24) is 10.4 Å². The second-order valence-electron chi connectivity index (χ2n) is 5.51. The van der Waals surface area contributed by atoms with Crippen molar-refractivity contribution in [2.45, 2.75) is 38.1 Å². The minimum Gasteiger partial charge on any atom is -0.357 e. The highest BCUT2D eigenvalue weighted by Crippen LogP contribution is 2.34. The molecule has 0 saturated carbocycles. The van der Waals surface area contributed by atoms with Crippen molar-refractivity contribution in [3.05, 3.63) is 35.9 Å². The summed E-state index contributed by atoms with van der Waals surface area (Å²) in [5, 5.41) is 21.3. The Labute approximate surface area is 106 Å². The normalized spacial score (nSPS) is 23.5. The molecular formula is C13H18N2O3. The third kappa shape index (κ3) is 2.01. The highest BCUT2D eigenvalue weighted by Gasteiger charge is 2.55. The number of hydrogen-bond acceptors (Lipinski definition) is 4. The quantitative estimate of drug-likeness (QED) is 0.637. The Kier molecular flexibility index (Phi) is 2.93. The van der Waals surface area contributed by atoms with E-state index in [2.05, 4.69) is 5.43 Å². The topological polar surface area (TPSA) is 72.8 Å². The van der Waals surface area contributed by atoms with Gasteiger partial charge < -0.3 is 10.2 Å². The molecule has 1 aliphatic rings. The highest BCUT2D eigenvalue weighted by molar-refractivity contribution is 5.86. The third-order valence-corrected chi connectivity index (χ3v) is 2.98. The van der Waals surface area contributed by atoms with Gasteiger partial charge in [-0.2, -0.15) is 0 Å². The van der Waals surface area contributed by atoms with Gasteiger partial charge in [-0.15, -0.1) is 0 Å². The van der Waals surface area contributed by atoms with Crippen LogP contribution in [-0.2, 0) is 4.79 Å². The number of hydrazine groups is 1. The molecule has 1 unspecified atom stereocenters. The zero-order valence-corrected chi connectivity index (χ0v) is 10.7. The lowest BCUT2D eigenvalue weighted by Crippen LogP contribution is -2.50. The summed E-state index contributed by atoms with van der Waals surface area (Å²) in [5.41, 5.74) is 3.00. The number of aliphatic hydroxyl groups is 2. The molecule has 5 nitrogen and oxygen atoms in total. The van der Waals surface area contributed by atoms with Crippen molar-refractivity contribution in [2.24, 2.45) is 0 Å². The second kappa shape index (κ2) is 4.05. The number of amides is 1. The van der Waals surface area contributed by atoms with E-state index in [-0.39, 0.29) is 0 Å². The van der Waals surface area contributed by atoms with E-state index in [1.807, 2.05) is 26.8 Å². The maximum absolute atomic E-state index is 12.0. The molecule has 3 N–H and O–H groups in total. The fraction of sp³-hybridized carbons (Fsp3) is 0.462. The van der Waals surface area contributed by atoms with Crippen LogP contribution in [0.5, 0.6) is 0 Å². The van der Waals surface area contributed by atoms with Crippen molar-refractivity contribution < 1.29 is 15.0 Å². The average Bonchev–Trinajstić information content (AvgIpc) is 2.51. The first kappa shape index (κ1) is 13.0. The van der Waals surface area contributed by atoms with Crippen LogP contribution in [0.4, 0.5) is 0 Å². The first-order valence-electron chi connectivity index (χ1n) is 5.85. The largest absolute Gasteiger partial charge is 0.357 e. The van der Waals surface area contributed by atoms with E-state index >= 15 is 0 Å². The van der Waals surface area contributed by atoms with E-state index in [0.29, 0.717) is 5.56 Å². The Morgan fingerprint density at radius 2 is 1.78 bits per heavy atom. The van der Waals surface area contributed by atoms with Crippen LogP contribution in [0.2, 0.25) is 0 Å². The molecule has 1 atom stereocenters. The Bertz CT molecular complexity index is 451. The molecule has 0 aliphatic carbocycles. The summed E-state index contributed by atoms with van der Waals surface area (Å²) in [6.45, 7) is 5.46. The molecule has 2 rings (SSSR count). The highest BCUT2D eigenvalue weighted by atomic mass is 16.5. The number of hydrogen-bond donors (Lipinski definition) is 3. The number of benzene rings is 1. The van der Waals surface area contributed by atoms with Crippen molar-refractivity contribution in [3.63, 3.8) is 0 Å². The van der Waals surface area contributed by atoms with Gasteiger partial charge in [0.2, 0.25) is 0 Å². The molecule has 0 spiro atoms. The summed E-state index contributed by atoms with van der Waals surface area (Å²) < 4.78 is 0. The Morgan fingerprint density at radius 1 is 1.22 bits per heavy atom. The Hall–Kier alpha value is -1.43. The predicted octanol–water partition coefficient (Wildman–Crippen LogP) is 0.554. The summed E-state index contributed by atoms with van der Waals surface area (Å²) in [5.74, 6) is -3.15. The van der Waals surface area contributed by atoms with E-state index < -0.39 is 23.3 Å². The van der Waals surface area contributed by atoms with Crippen LogP contribution in [0.15, 0.2) is 30.3 Å². The van der Waals surface area contributed by atoms with E-state index in [1.165, 1.54) is 5.01 Å². The molecule has 5 heteroatoms. The van der Waals surface area contributed by atoms with Gasteiger partial charge in [-0.25, -0.2) is 5.43 Å². The van der Waals surface area contributed by atoms with Crippen LogP contribution < -0.4 is 5.43 Å². The lowest BCUT2D eigenvalue weighted by molar-refractivity contribution is -0.188. The fourth-order valence-electron chi connectivity index (χ4n) is 2.02. The molecular weight excluding hydrogens is 232 g/mol. The molecule has 1 fully saturated rings. The van der Waals surface area contributed by atoms with Gasteiger partial charge >= 0.3 is 0 Å². The summed E-state index contributed by atoms with van der Waals surface area (Å²) in [6, 6.07) is 8.05. The summed E-state index contributed by atoms with van der Waals surface area (Å²) >= 11 is 0. The monoisotopic (exact) mass is 250 g/mol. The molecule has 0 aromatic heterocycles. The molecule has 1 aromatic rings. The lowest BCUT2D eigenvalue weighted by Gasteiger charge is -2.31. The first-order chi connectivity index (χ1) is 8.24. The zero-order valence-electron chi connectivity index (χ0n) is 10.7. The van der Waals surface area contributed by atoms with Gasteiger partial charge in [0.15, 0.2) is 0 Å². The van der Waals surface area contributed by atoms with Crippen LogP contribution in [0.25, 0.3) is 0 Å². The Morgan fingerprint density at radius 3 is 2.22 bits per heavy atom. The average molecular weight is 250 g/mol. The van der Waals surface area contributed by atoms with Crippen LogP contribution in [-0.4, -0.2) is 32.5 Å². The summed E-state index contributed by atoms with van der Waals surface area (Å²) in [4.78, 5) is 12.0. The molecule has 1 amide bonds. The van der Waals surface area contributed by atoms with Gasteiger partial charge in [-0.3, -0.25) is 9.80 Å². The van der Waals surface area contributed by atoms with E-state index in [9.17, 15) is 15.0 Å². The SMILES string of the molecule is CC(C)(C)N1NC(c2ccccc2)C(O)(O)C1=O. The van der Waals surface area contributed by atoms with Gasteiger partial charge in [0.1, 0.15) is 6.04 Å². The minimum atomic E-state index is -2.42. The standard InChI is InChI=1S/C13H18N2O3/c1-12(2,3)15-11(16)13(17,18)10(14-15)9-7-5-4-6-8-9/h4-8,10,14,17-18H,1-3H3. The van der Waals surface area contributed by atoms with Gasteiger partial charge in [0, 0.05) is 0 Å². The summed E-state index contributed by atoms with van der Waals surface area (Å²) in [6.07, 6.45) is 0. The third-order valence-electron chi connectivity index (χ3n) is 2.98. The Balaban J connectivity index is 2.37. The van der Waals surface area contributed by atoms with Gasteiger partial charge in [0.05, 0.1) is 5.54 Å². The predicted molar refractivity (Wildman–Crippen MR) is 66.1 cm³/mol. The van der Waals surface area contributed by atoms with Gasteiger partial charge in [-0.05, 0) is 26.3 Å². The molecule has 0 radical (unpaired) electrons. The molecule has 1 aromatic carbocycles. The molecule has 98 valence electrons. The van der Waals surface area contributed by atoms with E-state index in [4.69, 9.17) is 0 Å². The number of nitrogens with one attached hydrogen (secondary N) is 1. The fourth-order valence-corrected chi connectivity index (χ4v) is 2.02.